The van der Waals surface area contributed by atoms with Crippen LogP contribution in [-0.4, -0.2) is 23.7 Å². The standard InChI is InChI=1S/C10H12BrNO3/c1-7(6-13)12-10(14)5-3-8-2-4-9(11)15-8/h2-5,7,13H,6H2,1H3,(H,12,14)/t7-/m0/s1. The lowest BCUT2D eigenvalue weighted by Crippen LogP contribution is -2.33. The third kappa shape index (κ3) is 4.31. The highest BCUT2D eigenvalue weighted by Gasteiger charge is 2.02. The Morgan fingerprint density at radius 2 is 2.47 bits per heavy atom. The van der Waals surface area contributed by atoms with Crippen molar-refractivity contribution in [2.45, 2.75) is 13.0 Å². The topological polar surface area (TPSA) is 62.5 Å². The van der Waals surface area contributed by atoms with Gasteiger partial charge in [-0.25, -0.2) is 0 Å². The van der Waals surface area contributed by atoms with E-state index in [1.807, 2.05) is 0 Å². The Kier molecular flexibility index (Phi) is 4.58. The number of rotatable bonds is 4. The van der Waals surface area contributed by atoms with Gasteiger partial charge < -0.3 is 14.8 Å². The number of hydrogen-bond donors (Lipinski definition) is 2. The van der Waals surface area contributed by atoms with Crippen LogP contribution < -0.4 is 5.32 Å². The quantitative estimate of drug-likeness (QED) is 0.819. The number of carbonyl (C=O) groups is 1. The monoisotopic (exact) mass is 273 g/mol. The summed E-state index contributed by atoms with van der Waals surface area (Å²) in [6.45, 7) is 1.64. The van der Waals surface area contributed by atoms with E-state index in [0.29, 0.717) is 10.4 Å². The SMILES string of the molecule is C[C@@H](CO)NC(=O)C=Cc1ccc(Br)o1. The zero-order valence-corrected chi connectivity index (χ0v) is 9.82. The van der Waals surface area contributed by atoms with Crippen molar-refractivity contribution in [1.29, 1.82) is 0 Å². The van der Waals surface area contributed by atoms with Crippen LogP contribution in [-0.2, 0) is 4.79 Å². The molecule has 1 aromatic rings. The molecule has 1 rings (SSSR count). The van der Waals surface area contributed by atoms with Gasteiger partial charge in [-0.05, 0) is 41.1 Å². The van der Waals surface area contributed by atoms with E-state index in [9.17, 15) is 4.79 Å². The second-order valence-corrected chi connectivity index (χ2v) is 3.85. The summed E-state index contributed by atoms with van der Waals surface area (Å²) in [4.78, 5) is 11.2. The molecule has 0 unspecified atom stereocenters. The van der Waals surface area contributed by atoms with Gasteiger partial charge in [-0.15, -0.1) is 0 Å². The average molecular weight is 274 g/mol. The van der Waals surface area contributed by atoms with Crippen LogP contribution in [0.2, 0.25) is 0 Å². The molecule has 4 nitrogen and oxygen atoms in total. The lowest BCUT2D eigenvalue weighted by molar-refractivity contribution is -0.117. The van der Waals surface area contributed by atoms with Crippen LogP contribution in [0, 0.1) is 0 Å². The van der Waals surface area contributed by atoms with Crippen molar-refractivity contribution >= 4 is 27.9 Å². The molecule has 15 heavy (non-hydrogen) atoms. The highest BCUT2D eigenvalue weighted by Crippen LogP contribution is 2.14. The summed E-state index contributed by atoms with van der Waals surface area (Å²) in [5.74, 6) is 0.331. The first-order valence-corrected chi connectivity index (χ1v) is 5.26. The molecular weight excluding hydrogens is 262 g/mol. The van der Waals surface area contributed by atoms with Crippen LogP contribution in [0.3, 0.4) is 0 Å². The largest absolute Gasteiger partial charge is 0.450 e. The summed E-state index contributed by atoms with van der Waals surface area (Å²) in [5.41, 5.74) is 0. The number of nitrogens with one attached hydrogen (secondary N) is 1. The minimum atomic E-state index is -0.260. The maximum absolute atomic E-state index is 11.2. The van der Waals surface area contributed by atoms with Gasteiger partial charge in [0.1, 0.15) is 5.76 Å². The second-order valence-electron chi connectivity index (χ2n) is 3.07. The van der Waals surface area contributed by atoms with Crippen LogP contribution in [0.4, 0.5) is 0 Å². The number of hydrogen-bond acceptors (Lipinski definition) is 3. The summed E-state index contributed by atoms with van der Waals surface area (Å²) in [6, 6.07) is 3.24. The third-order valence-corrected chi connectivity index (χ3v) is 2.08. The van der Waals surface area contributed by atoms with Gasteiger partial charge in [0.2, 0.25) is 5.91 Å². The molecule has 1 aromatic heterocycles. The van der Waals surface area contributed by atoms with Crippen molar-refractivity contribution < 1.29 is 14.3 Å². The first-order chi connectivity index (χ1) is 7.11. The molecule has 0 fully saturated rings. The normalized spacial score (nSPS) is 13.0. The van der Waals surface area contributed by atoms with Gasteiger partial charge in [-0.3, -0.25) is 4.79 Å². The van der Waals surface area contributed by atoms with E-state index in [0.717, 1.165) is 0 Å². The van der Waals surface area contributed by atoms with Gasteiger partial charge in [-0.2, -0.15) is 0 Å². The molecule has 0 aliphatic carbocycles. The molecule has 0 radical (unpaired) electrons. The molecule has 82 valence electrons. The fraction of sp³-hybridized carbons (Fsp3) is 0.300. The van der Waals surface area contributed by atoms with Gasteiger partial charge >= 0.3 is 0 Å². The van der Waals surface area contributed by atoms with Crippen molar-refractivity contribution in [1.82, 2.24) is 5.32 Å². The number of furan rings is 1. The Morgan fingerprint density at radius 3 is 3.00 bits per heavy atom. The molecule has 0 saturated carbocycles. The highest BCUT2D eigenvalue weighted by atomic mass is 79.9. The Bertz CT molecular complexity index is 359. The van der Waals surface area contributed by atoms with Gasteiger partial charge in [-0.1, -0.05) is 0 Å². The van der Waals surface area contributed by atoms with E-state index in [1.54, 1.807) is 25.1 Å². The summed E-state index contributed by atoms with van der Waals surface area (Å²) >= 11 is 3.16. The molecule has 1 heterocycles. The lowest BCUT2D eigenvalue weighted by Gasteiger charge is -2.07. The minimum absolute atomic E-state index is 0.0775. The first kappa shape index (κ1) is 12.0. The number of aliphatic hydroxyl groups is 1. The van der Waals surface area contributed by atoms with E-state index in [-0.39, 0.29) is 18.6 Å². The zero-order chi connectivity index (χ0) is 11.3. The van der Waals surface area contributed by atoms with Crippen molar-refractivity contribution in [2.75, 3.05) is 6.61 Å². The smallest absolute Gasteiger partial charge is 0.244 e. The Hall–Kier alpha value is -1.07. The van der Waals surface area contributed by atoms with E-state index in [1.165, 1.54) is 6.08 Å². The average Bonchev–Trinajstić information content (AvgIpc) is 2.61. The summed E-state index contributed by atoms with van der Waals surface area (Å²) < 4.78 is 5.78. The molecule has 0 aromatic carbocycles. The van der Waals surface area contributed by atoms with E-state index in [2.05, 4.69) is 21.2 Å². The maximum Gasteiger partial charge on any atom is 0.244 e. The summed E-state index contributed by atoms with van der Waals surface area (Å²) in [7, 11) is 0. The van der Waals surface area contributed by atoms with Gasteiger partial charge in [0, 0.05) is 12.1 Å². The zero-order valence-electron chi connectivity index (χ0n) is 8.24. The summed E-state index contributed by atoms with van der Waals surface area (Å²) in [6.07, 6.45) is 2.92. The van der Waals surface area contributed by atoms with Crippen LogP contribution in [0.25, 0.3) is 6.08 Å². The van der Waals surface area contributed by atoms with Gasteiger partial charge in [0.25, 0.3) is 0 Å². The summed E-state index contributed by atoms with van der Waals surface area (Å²) in [5, 5.41) is 11.3. The first-order valence-electron chi connectivity index (χ1n) is 4.46. The molecule has 1 atom stereocenters. The van der Waals surface area contributed by atoms with E-state index in [4.69, 9.17) is 9.52 Å². The van der Waals surface area contributed by atoms with Gasteiger partial charge in [0.05, 0.1) is 6.61 Å². The van der Waals surface area contributed by atoms with Crippen LogP contribution >= 0.6 is 15.9 Å². The van der Waals surface area contributed by atoms with Crippen molar-refractivity contribution in [3.63, 3.8) is 0 Å². The number of halogens is 1. The van der Waals surface area contributed by atoms with Crippen molar-refractivity contribution in [3.8, 4) is 0 Å². The lowest BCUT2D eigenvalue weighted by atomic mass is 10.3. The molecule has 0 aliphatic heterocycles. The predicted molar refractivity (Wildman–Crippen MR) is 60.1 cm³/mol. The number of aliphatic hydroxyl groups excluding tert-OH is 1. The molecule has 2 N–H and O–H groups in total. The molecular formula is C10H12BrNO3. The number of amides is 1. The Balaban J connectivity index is 2.47. The fourth-order valence-electron chi connectivity index (χ4n) is 0.912. The second kappa shape index (κ2) is 5.72. The Morgan fingerprint density at radius 1 is 1.73 bits per heavy atom. The molecule has 0 saturated heterocycles. The fourth-order valence-corrected chi connectivity index (χ4v) is 1.23. The van der Waals surface area contributed by atoms with E-state index >= 15 is 0 Å². The van der Waals surface area contributed by atoms with E-state index < -0.39 is 0 Å². The molecule has 5 heteroatoms. The maximum atomic E-state index is 11.2. The minimum Gasteiger partial charge on any atom is -0.450 e. The molecule has 1 amide bonds. The van der Waals surface area contributed by atoms with Crippen molar-refractivity contribution in [2.24, 2.45) is 0 Å². The molecule has 0 bridgehead atoms. The highest BCUT2D eigenvalue weighted by molar-refractivity contribution is 9.10. The number of carbonyl (C=O) groups excluding carboxylic acids is 1. The molecule has 0 spiro atoms. The predicted octanol–water partition coefficient (Wildman–Crippen LogP) is 1.55. The van der Waals surface area contributed by atoms with Crippen LogP contribution in [0.15, 0.2) is 27.3 Å². The van der Waals surface area contributed by atoms with Crippen LogP contribution in [0.1, 0.15) is 12.7 Å². The third-order valence-electron chi connectivity index (χ3n) is 1.66. The van der Waals surface area contributed by atoms with Crippen molar-refractivity contribution in [3.05, 3.63) is 28.6 Å². The van der Waals surface area contributed by atoms with Gasteiger partial charge in [0.15, 0.2) is 4.67 Å². The van der Waals surface area contributed by atoms with Crippen LogP contribution in [0.5, 0.6) is 0 Å². The molecule has 0 aliphatic rings. The Labute approximate surface area is 96.1 Å².